The van der Waals surface area contributed by atoms with Crippen molar-refractivity contribution in [2.45, 2.75) is 13.8 Å². The Morgan fingerprint density at radius 1 is 1.23 bits per heavy atom. The molecule has 6 nitrogen and oxygen atoms in total. The minimum atomic E-state index is -3.53. The second kappa shape index (κ2) is 7.60. The molecule has 0 fully saturated rings. The third-order valence-corrected chi connectivity index (χ3v) is 4.32. The number of rotatable bonds is 7. The van der Waals surface area contributed by atoms with E-state index < -0.39 is 10.0 Å². The topological polar surface area (TPSA) is 69.7 Å². The molecule has 0 spiro atoms. The lowest BCUT2D eigenvalue weighted by Crippen LogP contribution is -2.42. The molecule has 124 valence electrons. The van der Waals surface area contributed by atoms with E-state index in [9.17, 15) is 13.2 Å². The van der Waals surface area contributed by atoms with Crippen LogP contribution in [0.1, 0.15) is 11.1 Å². The predicted molar refractivity (Wildman–Crippen MR) is 89.7 cm³/mol. The van der Waals surface area contributed by atoms with Gasteiger partial charge in [-0.15, -0.1) is 0 Å². The monoisotopic (exact) mass is 327 g/mol. The van der Waals surface area contributed by atoms with Crippen molar-refractivity contribution in [2.75, 3.05) is 44.3 Å². The normalized spacial score (nSPS) is 11.5. The summed E-state index contributed by atoms with van der Waals surface area (Å²) in [6.45, 7) is 4.75. The molecule has 0 unspecified atom stereocenters. The van der Waals surface area contributed by atoms with Gasteiger partial charge in [-0.1, -0.05) is 17.7 Å². The number of anilines is 1. The lowest BCUT2D eigenvalue weighted by molar-refractivity contribution is -0.119. The van der Waals surface area contributed by atoms with Crippen LogP contribution in [0, 0.1) is 13.8 Å². The smallest absolute Gasteiger partial charge is 0.240 e. The van der Waals surface area contributed by atoms with E-state index in [1.807, 2.05) is 45.0 Å². The maximum absolute atomic E-state index is 12.0. The number of nitrogens with one attached hydrogen (secondary N) is 1. The van der Waals surface area contributed by atoms with E-state index in [1.54, 1.807) is 6.07 Å². The average Bonchev–Trinajstić information content (AvgIpc) is 2.35. The largest absolute Gasteiger partial charge is 0.353 e. The number of carbonyl (C=O) groups is 1. The Kier molecular flexibility index (Phi) is 6.37. The fourth-order valence-electron chi connectivity index (χ4n) is 2.07. The maximum Gasteiger partial charge on any atom is 0.240 e. The predicted octanol–water partition coefficient (Wildman–Crippen LogP) is 0.747. The van der Waals surface area contributed by atoms with E-state index in [-0.39, 0.29) is 12.5 Å². The van der Waals surface area contributed by atoms with Crippen molar-refractivity contribution >= 4 is 21.6 Å². The van der Waals surface area contributed by atoms with Gasteiger partial charge < -0.3 is 10.2 Å². The molecule has 1 aromatic carbocycles. The van der Waals surface area contributed by atoms with Gasteiger partial charge in [0.1, 0.15) is 6.54 Å². The van der Waals surface area contributed by atoms with Crippen LogP contribution in [0.25, 0.3) is 0 Å². The van der Waals surface area contributed by atoms with Gasteiger partial charge in [-0.3, -0.25) is 9.10 Å². The molecule has 0 atom stereocenters. The zero-order valence-corrected chi connectivity index (χ0v) is 14.7. The molecular formula is C15H25N3O3S. The number of hydrogen-bond donors (Lipinski definition) is 1. The first-order valence-electron chi connectivity index (χ1n) is 7.07. The highest BCUT2D eigenvalue weighted by Crippen LogP contribution is 2.23. The molecule has 1 aromatic rings. The molecule has 1 N–H and O–H groups in total. The van der Waals surface area contributed by atoms with Gasteiger partial charge in [-0.25, -0.2) is 8.42 Å². The van der Waals surface area contributed by atoms with Gasteiger partial charge in [0, 0.05) is 13.1 Å². The summed E-state index contributed by atoms with van der Waals surface area (Å²) in [5.74, 6) is -0.313. The number of amides is 1. The highest BCUT2D eigenvalue weighted by atomic mass is 32.2. The summed E-state index contributed by atoms with van der Waals surface area (Å²) in [4.78, 5) is 13.9. The Labute approximate surface area is 133 Å². The van der Waals surface area contributed by atoms with E-state index in [1.165, 1.54) is 0 Å². The lowest BCUT2D eigenvalue weighted by Gasteiger charge is -2.24. The van der Waals surface area contributed by atoms with Crippen LogP contribution in [0.15, 0.2) is 18.2 Å². The summed E-state index contributed by atoms with van der Waals surface area (Å²) in [6.07, 6.45) is 1.11. The number of aryl methyl sites for hydroxylation is 2. The van der Waals surface area contributed by atoms with Gasteiger partial charge in [-0.05, 0) is 39.6 Å². The van der Waals surface area contributed by atoms with Crippen molar-refractivity contribution in [3.8, 4) is 0 Å². The van der Waals surface area contributed by atoms with Crippen LogP contribution in [0.5, 0.6) is 0 Å². The fourth-order valence-corrected chi connectivity index (χ4v) is 2.99. The zero-order valence-electron chi connectivity index (χ0n) is 13.9. The number of carbonyl (C=O) groups excluding carboxylic acids is 1. The van der Waals surface area contributed by atoms with Gasteiger partial charge >= 0.3 is 0 Å². The number of hydrogen-bond acceptors (Lipinski definition) is 4. The van der Waals surface area contributed by atoms with Gasteiger partial charge in [0.15, 0.2) is 0 Å². The van der Waals surface area contributed by atoms with Crippen LogP contribution in [0.4, 0.5) is 5.69 Å². The second-order valence-corrected chi connectivity index (χ2v) is 7.62. The van der Waals surface area contributed by atoms with E-state index >= 15 is 0 Å². The quantitative estimate of drug-likeness (QED) is 0.802. The Morgan fingerprint density at radius 3 is 2.36 bits per heavy atom. The molecule has 0 aliphatic rings. The van der Waals surface area contributed by atoms with Crippen LogP contribution >= 0.6 is 0 Å². The van der Waals surface area contributed by atoms with Crippen LogP contribution < -0.4 is 9.62 Å². The molecule has 1 amide bonds. The first-order chi connectivity index (χ1) is 10.1. The van der Waals surface area contributed by atoms with Crippen molar-refractivity contribution in [1.82, 2.24) is 10.2 Å². The number of benzene rings is 1. The van der Waals surface area contributed by atoms with E-state index in [0.29, 0.717) is 18.8 Å². The Bertz CT molecular complexity index is 627. The summed E-state index contributed by atoms with van der Waals surface area (Å²) in [6, 6.07) is 5.47. The molecule has 0 aromatic heterocycles. The third-order valence-electron chi connectivity index (χ3n) is 3.19. The molecular weight excluding hydrogens is 302 g/mol. The Hall–Kier alpha value is -1.60. The van der Waals surface area contributed by atoms with Gasteiger partial charge in [0.25, 0.3) is 0 Å². The molecule has 1 rings (SSSR count). The van der Waals surface area contributed by atoms with Gasteiger partial charge in [-0.2, -0.15) is 0 Å². The molecule has 0 saturated carbocycles. The number of sulfonamides is 1. The van der Waals surface area contributed by atoms with Crippen molar-refractivity contribution in [3.05, 3.63) is 29.3 Å². The summed E-state index contributed by atoms with van der Waals surface area (Å²) >= 11 is 0. The fraction of sp³-hybridized carbons (Fsp3) is 0.533. The summed E-state index contributed by atoms with van der Waals surface area (Å²) < 4.78 is 25.2. The second-order valence-electron chi connectivity index (χ2n) is 5.71. The molecule has 7 heteroatoms. The average molecular weight is 327 g/mol. The lowest BCUT2D eigenvalue weighted by atomic mass is 10.1. The van der Waals surface area contributed by atoms with E-state index in [4.69, 9.17) is 0 Å². The van der Waals surface area contributed by atoms with E-state index in [2.05, 4.69) is 5.32 Å². The maximum atomic E-state index is 12.0. The van der Waals surface area contributed by atoms with Crippen LogP contribution in [-0.4, -0.2) is 59.2 Å². The molecule has 0 heterocycles. The van der Waals surface area contributed by atoms with Gasteiger partial charge in [0.05, 0.1) is 11.9 Å². The van der Waals surface area contributed by atoms with E-state index in [0.717, 1.165) is 21.7 Å². The summed E-state index contributed by atoms with van der Waals surface area (Å²) in [5.41, 5.74) is 2.41. The SMILES string of the molecule is Cc1ccc(N(CC(=O)NCCN(C)C)S(C)(=O)=O)c(C)c1. The summed E-state index contributed by atoms with van der Waals surface area (Å²) in [7, 11) is 0.287. The van der Waals surface area contributed by atoms with Crippen LogP contribution in [-0.2, 0) is 14.8 Å². The Morgan fingerprint density at radius 2 is 1.86 bits per heavy atom. The van der Waals surface area contributed by atoms with Crippen molar-refractivity contribution in [3.63, 3.8) is 0 Å². The highest BCUT2D eigenvalue weighted by molar-refractivity contribution is 7.92. The molecule has 0 bridgehead atoms. The molecule has 0 radical (unpaired) electrons. The molecule has 0 saturated heterocycles. The highest BCUT2D eigenvalue weighted by Gasteiger charge is 2.22. The number of likely N-dealkylation sites (N-methyl/N-ethyl adjacent to an activating group) is 1. The first-order valence-corrected chi connectivity index (χ1v) is 8.92. The molecule has 0 aliphatic heterocycles. The molecule has 0 aliphatic carbocycles. The van der Waals surface area contributed by atoms with Crippen LogP contribution in [0.3, 0.4) is 0 Å². The minimum Gasteiger partial charge on any atom is -0.353 e. The van der Waals surface area contributed by atoms with Crippen LogP contribution in [0.2, 0.25) is 0 Å². The molecule has 22 heavy (non-hydrogen) atoms. The standard InChI is InChI=1S/C15H25N3O3S/c1-12-6-7-14(13(2)10-12)18(22(5,20)21)11-15(19)16-8-9-17(3)4/h6-7,10H,8-9,11H2,1-5H3,(H,16,19). The zero-order chi connectivity index (χ0) is 16.9. The van der Waals surface area contributed by atoms with Crippen molar-refractivity contribution in [1.29, 1.82) is 0 Å². The van der Waals surface area contributed by atoms with Crippen molar-refractivity contribution < 1.29 is 13.2 Å². The Balaban J connectivity index is 2.89. The van der Waals surface area contributed by atoms with Gasteiger partial charge in [0.2, 0.25) is 15.9 Å². The minimum absolute atomic E-state index is 0.212. The first kappa shape index (κ1) is 18.4. The van der Waals surface area contributed by atoms with Crippen molar-refractivity contribution in [2.24, 2.45) is 0 Å². The third kappa shape index (κ3) is 5.65. The summed E-state index contributed by atoms with van der Waals surface area (Å²) in [5, 5.41) is 2.73. The number of nitrogens with zero attached hydrogens (tertiary/aromatic N) is 2.